The van der Waals surface area contributed by atoms with Gasteiger partial charge in [0, 0.05) is 5.92 Å². The second kappa shape index (κ2) is 1.70. The second-order valence-corrected chi connectivity index (χ2v) is 3.30. The molecule has 0 aromatic heterocycles. The topological polar surface area (TPSA) is 35.2 Å². The third kappa shape index (κ3) is 0.700. The summed E-state index contributed by atoms with van der Waals surface area (Å²) in [5, 5.41) is 0. The first-order chi connectivity index (χ1) is 4.37. The van der Waals surface area contributed by atoms with E-state index in [-0.39, 0.29) is 0 Å². The predicted molar refractivity (Wildman–Crippen MR) is 35.0 cm³/mol. The Labute approximate surface area is 55.4 Å². The van der Waals surface area contributed by atoms with E-state index in [4.69, 9.17) is 10.5 Å². The van der Waals surface area contributed by atoms with Crippen LogP contribution in [0.2, 0.25) is 0 Å². The molecule has 1 aliphatic heterocycles. The average Bonchev–Trinajstić information content (AvgIpc) is 2.44. The van der Waals surface area contributed by atoms with Gasteiger partial charge in [0.2, 0.25) is 0 Å². The average molecular weight is 127 g/mol. The third-order valence-electron chi connectivity index (χ3n) is 2.80. The summed E-state index contributed by atoms with van der Waals surface area (Å²) in [7, 11) is 0. The lowest BCUT2D eigenvalue weighted by Crippen LogP contribution is -2.39. The number of ether oxygens (including phenoxy) is 1. The summed E-state index contributed by atoms with van der Waals surface area (Å²) in [6, 6.07) is 0. The van der Waals surface area contributed by atoms with E-state index in [0.29, 0.717) is 5.41 Å². The van der Waals surface area contributed by atoms with Gasteiger partial charge in [0.15, 0.2) is 0 Å². The van der Waals surface area contributed by atoms with Crippen molar-refractivity contribution in [3.8, 4) is 0 Å². The molecule has 0 amide bonds. The van der Waals surface area contributed by atoms with Crippen molar-refractivity contribution in [2.24, 2.45) is 17.1 Å². The molecule has 0 unspecified atom stereocenters. The molecule has 2 fully saturated rings. The molecule has 2 N–H and O–H groups in total. The summed E-state index contributed by atoms with van der Waals surface area (Å²) in [4.78, 5) is 0. The summed E-state index contributed by atoms with van der Waals surface area (Å²) in [6.07, 6.45) is 2.69. The molecule has 0 spiro atoms. The Morgan fingerprint density at radius 1 is 1.44 bits per heavy atom. The highest BCUT2D eigenvalue weighted by molar-refractivity contribution is 5.01. The molecule has 2 heteroatoms. The number of nitrogens with two attached hydrogens (primary N) is 1. The van der Waals surface area contributed by atoms with E-state index in [1.165, 1.54) is 12.8 Å². The van der Waals surface area contributed by atoms with Crippen LogP contribution in [0.1, 0.15) is 12.8 Å². The number of rotatable bonds is 2. The van der Waals surface area contributed by atoms with Crippen LogP contribution >= 0.6 is 0 Å². The van der Waals surface area contributed by atoms with Gasteiger partial charge in [0.1, 0.15) is 0 Å². The summed E-state index contributed by atoms with van der Waals surface area (Å²) in [5.74, 6) is 0.808. The van der Waals surface area contributed by atoms with Crippen LogP contribution in [0.4, 0.5) is 0 Å². The zero-order valence-electron chi connectivity index (χ0n) is 5.60. The van der Waals surface area contributed by atoms with Crippen molar-refractivity contribution in [1.82, 2.24) is 0 Å². The lowest BCUT2D eigenvalue weighted by atomic mass is 9.88. The van der Waals surface area contributed by atoms with Gasteiger partial charge in [-0.15, -0.1) is 0 Å². The Balaban J connectivity index is 1.94. The minimum atomic E-state index is 0.540. The number of hydrogen-bond donors (Lipinski definition) is 1. The summed E-state index contributed by atoms with van der Waals surface area (Å²) in [5.41, 5.74) is 6.16. The molecule has 0 radical (unpaired) electrons. The molecule has 0 atom stereocenters. The molecule has 9 heavy (non-hydrogen) atoms. The first-order valence-corrected chi connectivity index (χ1v) is 3.65. The normalized spacial score (nSPS) is 31.7. The van der Waals surface area contributed by atoms with Crippen molar-refractivity contribution in [1.29, 1.82) is 0 Å². The highest BCUT2D eigenvalue weighted by Gasteiger charge is 2.50. The van der Waals surface area contributed by atoms with Crippen LogP contribution in [-0.2, 0) is 4.74 Å². The summed E-state index contributed by atoms with van der Waals surface area (Å²) < 4.78 is 5.11. The Kier molecular flexibility index (Phi) is 1.08. The van der Waals surface area contributed by atoms with Crippen molar-refractivity contribution >= 4 is 0 Å². The first-order valence-electron chi connectivity index (χ1n) is 3.65. The van der Waals surface area contributed by atoms with Crippen LogP contribution < -0.4 is 5.73 Å². The lowest BCUT2D eigenvalue weighted by Gasteiger charge is -2.33. The minimum absolute atomic E-state index is 0.540. The van der Waals surface area contributed by atoms with Gasteiger partial charge in [0.25, 0.3) is 0 Å². The Morgan fingerprint density at radius 2 is 2.11 bits per heavy atom. The van der Waals surface area contributed by atoms with Gasteiger partial charge in [-0.2, -0.15) is 0 Å². The highest BCUT2D eigenvalue weighted by atomic mass is 16.5. The van der Waals surface area contributed by atoms with Crippen LogP contribution in [-0.4, -0.2) is 19.8 Å². The maximum Gasteiger partial charge on any atom is 0.0522 e. The van der Waals surface area contributed by atoms with Gasteiger partial charge in [-0.25, -0.2) is 0 Å². The molecule has 2 aliphatic rings. The molecule has 0 aromatic rings. The Morgan fingerprint density at radius 3 is 2.22 bits per heavy atom. The van der Waals surface area contributed by atoms with Crippen LogP contribution in [0.5, 0.6) is 0 Å². The van der Waals surface area contributed by atoms with Crippen molar-refractivity contribution in [2.75, 3.05) is 19.8 Å². The molecular formula is C7H13NO. The van der Waals surface area contributed by atoms with Gasteiger partial charge >= 0.3 is 0 Å². The van der Waals surface area contributed by atoms with Crippen LogP contribution in [0, 0.1) is 11.3 Å². The van der Waals surface area contributed by atoms with Gasteiger partial charge in [0.05, 0.1) is 13.2 Å². The fourth-order valence-corrected chi connectivity index (χ4v) is 1.53. The molecule has 1 saturated heterocycles. The van der Waals surface area contributed by atoms with Crippen LogP contribution in [0.3, 0.4) is 0 Å². The maximum atomic E-state index is 5.62. The van der Waals surface area contributed by atoms with E-state index in [2.05, 4.69) is 0 Å². The molecule has 1 saturated carbocycles. The maximum absolute atomic E-state index is 5.62. The van der Waals surface area contributed by atoms with E-state index in [0.717, 1.165) is 25.7 Å². The van der Waals surface area contributed by atoms with Gasteiger partial charge < -0.3 is 10.5 Å². The van der Waals surface area contributed by atoms with E-state index >= 15 is 0 Å². The van der Waals surface area contributed by atoms with Crippen molar-refractivity contribution in [2.45, 2.75) is 12.8 Å². The molecular weight excluding hydrogens is 114 g/mol. The van der Waals surface area contributed by atoms with E-state index < -0.39 is 0 Å². The fourth-order valence-electron chi connectivity index (χ4n) is 1.53. The standard InChI is InChI=1S/C7H13NO/c8-5-7(1-2-7)6-3-9-4-6/h6H,1-5,8H2. The van der Waals surface area contributed by atoms with Crippen LogP contribution in [0.15, 0.2) is 0 Å². The molecule has 52 valence electrons. The van der Waals surface area contributed by atoms with Gasteiger partial charge in [-0.1, -0.05) is 0 Å². The monoisotopic (exact) mass is 127 g/mol. The zero-order valence-corrected chi connectivity index (χ0v) is 5.60. The molecule has 2 nitrogen and oxygen atoms in total. The van der Waals surface area contributed by atoms with Crippen LogP contribution in [0.25, 0.3) is 0 Å². The molecule has 0 aromatic carbocycles. The smallest absolute Gasteiger partial charge is 0.0522 e. The van der Waals surface area contributed by atoms with E-state index in [1.54, 1.807) is 0 Å². The quantitative estimate of drug-likeness (QED) is 0.581. The van der Waals surface area contributed by atoms with Crippen molar-refractivity contribution < 1.29 is 4.74 Å². The zero-order chi connectivity index (χ0) is 6.32. The Bertz CT molecular complexity index is 116. The summed E-state index contributed by atoms with van der Waals surface area (Å²) >= 11 is 0. The fraction of sp³-hybridized carbons (Fsp3) is 1.00. The lowest BCUT2D eigenvalue weighted by molar-refractivity contribution is -0.0663. The largest absolute Gasteiger partial charge is 0.381 e. The van der Waals surface area contributed by atoms with E-state index in [1.807, 2.05) is 0 Å². The third-order valence-corrected chi connectivity index (χ3v) is 2.80. The molecule has 1 aliphatic carbocycles. The molecule has 2 rings (SSSR count). The SMILES string of the molecule is NCC1(C2COC2)CC1. The second-order valence-electron chi connectivity index (χ2n) is 3.30. The molecule has 1 heterocycles. The van der Waals surface area contributed by atoms with Crippen molar-refractivity contribution in [3.05, 3.63) is 0 Å². The van der Waals surface area contributed by atoms with Crippen molar-refractivity contribution in [3.63, 3.8) is 0 Å². The van der Waals surface area contributed by atoms with E-state index in [9.17, 15) is 0 Å². The van der Waals surface area contributed by atoms with Gasteiger partial charge in [-0.3, -0.25) is 0 Å². The number of hydrogen-bond acceptors (Lipinski definition) is 2. The molecule has 0 bridgehead atoms. The minimum Gasteiger partial charge on any atom is -0.381 e. The van der Waals surface area contributed by atoms with Gasteiger partial charge in [-0.05, 0) is 24.8 Å². The summed E-state index contributed by atoms with van der Waals surface area (Å²) in [6.45, 7) is 2.81. The Hall–Kier alpha value is -0.0800. The predicted octanol–water partition coefficient (Wildman–Crippen LogP) is 0.372. The highest BCUT2D eigenvalue weighted by Crippen LogP contribution is 2.53. The first kappa shape index (κ1) is 5.69.